The van der Waals surface area contributed by atoms with Crippen molar-refractivity contribution in [3.63, 3.8) is 0 Å². The van der Waals surface area contributed by atoms with Gasteiger partial charge in [-0.1, -0.05) is 13.8 Å². The molecule has 1 aromatic rings. The molecule has 2 heterocycles. The van der Waals surface area contributed by atoms with Gasteiger partial charge in [0.15, 0.2) is 0 Å². The molecule has 1 saturated heterocycles. The fourth-order valence-electron chi connectivity index (χ4n) is 2.38. The van der Waals surface area contributed by atoms with E-state index in [4.69, 9.17) is 0 Å². The fourth-order valence-corrected chi connectivity index (χ4v) is 3.31. The molecular formula is C14H23N3O2S. The summed E-state index contributed by atoms with van der Waals surface area (Å²) >= 11 is 1.88. The number of hydrogen-bond acceptors (Lipinski definition) is 4. The van der Waals surface area contributed by atoms with Crippen LogP contribution in [0.1, 0.15) is 31.9 Å². The molecule has 6 heteroatoms. The first-order valence-corrected chi connectivity index (χ1v) is 8.30. The molecule has 0 saturated carbocycles. The molecule has 112 valence electrons. The van der Waals surface area contributed by atoms with Crippen molar-refractivity contribution >= 4 is 17.7 Å². The van der Waals surface area contributed by atoms with Crippen molar-refractivity contribution in [3.8, 4) is 0 Å². The Morgan fingerprint density at radius 1 is 1.45 bits per heavy atom. The van der Waals surface area contributed by atoms with Gasteiger partial charge in [-0.15, -0.1) is 0 Å². The molecule has 1 atom stereocenters. The van der Waals surface area contributed by atoms with Crippen molar-refractivity contribution in [1.29, 1.82) is 0 Å². The Kier molecular flexibility index (Phi) is 5.48. The minimum Gasteiger partial charge on any atom is -0.480 e. The summed E-state index contributed by atoms with van der Waals surface area (Å²) in [6, 6.07) is -0.552. The zero-order valence-corrected chi connectivity index (χ0v) is 13.0. The van der Waals surface area contributed by atoms with Crippen molar-refractivity contribution in [2.45, 2.75) is 32.9 Å². The van der Waals surface area contributed by atoms with Crippen LogP contribution in [-0.2, 0) is 11.3 Å². The van der Waals surface area contributed by atoms with Gasteiger partial charge in [0.05, 0.1) is 6.20 Å². The Hall–Kier alpha value is -1.01. The van der Waals surface area contributed by atoms with Gasteiger partial charge in [-0.3, -0.25) is 14.4 Å². The highest BCUT2D eigenvalue weighted by atomic mass is 32.2. The number of aliphatic carboxylic acids is 1. The molecule has 2 rings (SSSR count). The van der Waals surface area contributed by atoms with Crippen LogP contribution in [0.4, 0.5) is 0 Å². The highest BCUT2D eigenvalue weighted by Gasteiger charge is 2.29. The number of aromatic nitrogens is 2. The molecule has 0 unspecified atom stereocenters. The Morgan fingerprint density at radius 3 is 2.75 bits per heavy atom. The average molecular weight is 297 g/mol. The van der Waals surface area contributed by atoms with Gasteiger partial charge in [0.2, 0.25) is 0 Å². The molecule has 1 N–H and O–H groups in total. The molecule has 1 fully saturated rings. The monoisotopic (exact) mass is 297 g/mol. The van der Waals surface area contributed by atoms with Gasteiger partial charge in [0.25, 0.3) is 0 Å². The van der Waals surface area contributed by atoms with Crippen molar-refractivity contribution in [1.82, 2.24) is 14.7 Å². The Balaban J connectivity index is 2.07. The van der Waals surface area contributed by atoms with E-state index < -0.39 is 12.0 Å². The predicted octanol–water partition coefficient (Wildman–Crippen LogP) is 2.10. The van der Waals surface area contributed by atoms with Gasteiger partial charge in [0.1, 0.15) is 6.04 Å². The van der Waals surface area contributed by atoms with Crippen LogP contribution in [0.3, 0.4) is 0 Å². The van der Waals surface area contributed by atoms with Crippen LogP contribution in [0.25, 0.3) is 0 Å². The largest absolute Gasteiger partial charge is 0.480 e. The first kappa shape index (κ1) is 15.4. The van der Waals surface area contributed by atoms with E-state index in [0.717, 1.165) is 43.1 Å². The molecule has 1 aliphatic heterocycles. The Morgan fingerprint density at radius 2 is 2.15 bits per heavy atom. The summed E-state index contributed by atoms with van der Waals surface area (Å²) < 4.78 is 1.87. The number of aryl methyl sites for hydroxylation is 1. The number of nitrogens with zero attached hydrogens (tertiary/aromatic N) is 3. The lowest BCUT2D eigenvalue weighted by molar-refractivity contribution is -0.143. The molecule has 1 aliphatic rings. The maximum Gasteiger partial charge on any atom is 0.325 e. The first-order valence-electron chi connectivity index (χ1n) is 7.15. The number of rotatable bonds is 6. The van der Waals surface area contributed by atoms with Gasteiger partial charge in [-0.2, -0.15) is 16.9 Å². The number of carboxylic acid groups (broad SMARTS) is 1. The van der Waals surface area contributed by atoms with E-state index >= 15 is 0 Å². The van der Waals surface area contributed by atoms with E-state index in [0.29, 0.717) is 5.92 Å². The summed E-state index contributed by atoms with van der Waals surface area (Å²) in [5.41, 5.74) is 0.799. The summed E-state index contributed by atoms with van der Waals surface area (Å²) in [7, 11) is 0. The van der Waals surface area contributed by atoms with E-state index in [9.17, 15) is 9.90 Å². The van der Waals surface area contributed by atoms with Gasteiger partial charge >= 0.3 is 5.97 Å². The second-order valence-corrected chi connectivity index (χ2v) is 6.83. The topological polar surface area (TPSA) is 58.4 Å². The van der Waals surface area contributed by atoms with Gasteiger partial charge < -0.3 is 5.11 Å². The van der Waals surface area contributed by atoms with Gasteiger partial charge in [-0.05, 0) is 12.3 Å². The summed E-state index contributed by atoms with van der Waals surface area (Å²) in [4.78, 5) is 13.6. The normalized spacial score (nSPS) is 18.4. The Labute approximate surface area is 124 Å². The van der Waals surface area contributed by atoms with Crippen LogP contribution in [0.15, 0.2) is 12.4 Å². The van der Waals surface area contributed by atoms with Crippen LogP contribution in [-0.4, -0.2) is 50.4 Å². The minimum absolute atomic E-state index is 0.552. The third-order valence-corrected chi connectivity index (χ3v) is 4.49. The summed E-state index contributed by atoms with van der Waals surface area (Å²) in [6.07, 6.45) is 4.66. The van der Waals surface area contributed by atoms with Crippen molar-refractivity contribution < 1.29 is 9.90 Å². The van der Waals surface area contributed by atoms with Crippen LogP contribution in [0.5, 0.6) is 0 Å². The van der Waals surface area contributed by atoms with E-state index in [1.807, 2.05) is 27.5 Å². The second-order valence-electron chi connectivity index (χ2n) is 5.61. The van der Waals surface area contributed by atoms with E-state index in [1.165, 1.54) is 0 Å². The molecule has 0 bridgehead atoms. The molecule has 0 amide bonds. The number of carbonyl (C=O) groups is 1. The molecule has 0 aliphatic carbocycles. The van der Waals surface area contributed by atoms with Crippen LogP contribution < -0.4 is 0 Å². The fraction of sp³-hybridized carbons (Fsp3) is 0.714. The van der Waals surface area contributed by atoms with E-state index in [2.05, 4.69) is 18.9 Å². The lowest BCUT2D eigenvalue weighted by Gasteiger charge is -2.31. The molecule has 0 spiro atoms. The van der Waals surface area contributed by atoms with E-state index in [1.54, 1.807) is 6.20 Å². The number of carboxylic acids is 1. The number of hydrogen-bond donors (Lipinski definition) is 1. The summed E-state index contributed by atoms with van der Waals surface area (Å²) in [5.74, 6) is 1.86. The van der Waals surface area contributed by atoms with Crippen LogP contribution >= 0.6 is 11.8 Å². The van der Waals surface area contributed by atoms with Gasteiger partial charge in [-0.25, -0.2) is 0 Å². The smallest absolute Gasteiger partial charge is 0.325 e. The first-order chi connectivity index (χ1) is 9.58. The molecule has 0 aromatic carbocycles. The molecule has 5 nitrogen and oxygen atoms in total. The zero-order valence-electron chi connectivity index (χ0n) is 12.2. The lowest BCUT2D eigenvalue weighted by atomic mass is 10.1. The van der Waals surface area contributed by atoms with Crippen molar-refractivity contribution in [2.75, 3.05) is 24.6 Å². The van der Waals surface area contributed by atoms with Gasteiger partial charge in [0, 0.05) is 42.9 Å². The van der Waals surface area contributed by atoms with Crippen molar-refractivity contribution in [3.05, 3.63) is 18.0 Å². The summed E-state index contributed by atoms with van der Waals surface area (Å²) in [5, 5.41) is 13.8. The average Bonchev–Trinajstić information content (AvgIpc) is 2.86. The molecule has 20 heavy (non-hydrogen) atoms. The maximum atomic E-state index is 11.6. The third kappa shape index (κ3) is 3.99. The molecule has 1 aromatic heterocycles. The van der Waals surface area contributed by atoms with Crippen molar-refractivity contribution in [2.24, 2.45) is 5.92 Å². The zero-order chi connectivity index (χ0) is 14.5. The molecular weight excluding hydrogens is 274 g/mol. The second kappa shape index (κ2) is 7.13. The Bertz CT molecular complexity index is 441. The quantitative estimate of drug-likeness (QED) is 0.871. The maximum absolute atomic E-state index is 11.6. The van der Waals surface area contributed by atoms with Crippen LogP contribution in [0.2, 0.25) is 0 Å². The lowest BCUT2D eigenvalue weighted by Crippen LogP contribution is -2.39. The highest BCUT2D eigenvalue weighted by Crippen LogP contribution is 2.24. The minimum atomic E-state index is -0.777. The SMILES string of the molecule is CC(C)CCn1cc([C@@H](C(=O)O)N2CCSCC2)cn1. The highest BCUT2D eigenvalue weighted by molar-refractivity contribution is 7.99. The predicted molar refractivity (Wildman–Crippen MR) is 81.0 cm³/mol. The summed E-state index contributed by atoms with van der Waals surface area (Å²) in [6.45, 7) is 6.86. The van der Waals surface area contributed by atoms with Crippen LogP contribution in [0, 0.1) is 5.92 Å². The standard InChI is InChI=1S/C14H23N3O2S/c1-11(2)3-4-17-10-12(9-15-17)13(14(18)19)16-5-7-20-8-6-16/h9-11,13H,3-8H2,1-2H3,(H,18,19)/t13-/m0/s1. The number of thioether (sulfide) groups is 1. The third-order valence-electron chi connectivity index (χ3n) is 3.55. The van der Waals surface area contributed by atoms with E-state index in [-0.39, 0.29) is 0 Å². The molecule has 0 radical (unpaired) electrons.